The van der Waals surface area contributed by atoms with Gasteiger partial charge in [0, 0.05) is 12.4 Å². The summed E-state index contributed by atoms with van der Waals surface area (Å²) < 4.78 is 0. The SMILES string of the molecule is O=C(N[C@@H](CC1CC1)C(=O)O)c1cccnc1. The summed E-state index contributed by atoms with van der Waals surface area (Å²) in [4.78, 5) is 26.6. The van der Waals surface area contributed by atoms with Crippen molar-refractivity contribution in [2.75, 3.05) is 0 Å². The molecule has 1 fully saturated rings. The van der Waals surface area contributed by atoms with Crippen LogP contribution in [0.4, 0.5) is 0 Å². The number of aromatic nitrogens is 1. The fourth-order valence-corrected chi connectivity index (χ4v) is 1.65. The minimum atomic E-state index is -0.978. The maximum atomic E-state index is 11.7. The van der Waals surface area contributed by atoms with Crippen LogP contribution in [-0.2, 0) is 4.79 Å². The second-order valence-corrected chi connectivity index (χ2v) is 4.29. The van der Waals surface area contributed by atoms with Crippen molar-refractivity contribution in [2.24, 2.45) is 5.92 Å². The van der Waals surface area contributed by atoms with E-state index < -0.39 is 12.0 Å². The highest BCUT2D eigenvalue weighted by Crippen LogP contribution is 2.33. The van der Waals surface area contributed by atoms with Crippen LogP contribution in [0, 0.1) is 5.92 Å². The number of hydrogen-bond donors (Lipinski definition) is 2. The number of rotatable bonds is 5. The molecule has 1 aromatic rings. The van der Waals surface area contributed by atoms with E-state index in [-0.39, 0.29) is 5.91 Å². The van der Waals surface area contributed by atoms with E-state index in [2.05, 4.69) is 10.3 Å². The Labute approximate surface area is 98.9 Å². The third-order valence-electron chi connectivity index (χ3n) is 2.79. The first kappa shape index (κ1) is 11.6. The zero-order valence-corrected chi connectivity index (χ0v) is 9.30. The summed E-state index contributed by atoms with van der Waals surface area (Å²) in [5.74, 6) is -0.911. The van der Waals surface area contributed by atoms with Crippen molar-refractivity contribution in [2.45, 2.75) is 25.3 Å². The number of nitrogens with one attached hydrogen (secondary N) is 1. The van der Waals surface area contributed by atoms with Crippen LogP contribution in [0.2, 0.25) is 0 Å². The molecule has 0 aliphatic heterocycles. The molecule has 2 N–H and O–H groups in total. The van der Waals surface area contributed by atoms with Gasteiger partial charge in [-0.25, -0.2) is 4.79 Å². The first-order chi connectivity index (χ1) is 8.16. The van der Waals surface area contributed by atoms with Gasteiger partial charge in [-0.1, -0.05) is 12.8 Å². The lowest BCUT2D eigenvalue weighted by atomic mass is 10.1. The van der Waals surface area contributed by atoms with Gasteiger partial charge in [0.05, 0.1) is 5.56 Å². The van der Waals surface area contributed by atoms with Crippen LogP contribution in [0.25, 0.3) is 0 Å². The highest BCUT2D eigenvalue weighted by atomic mass is 16.4. The van der Waals surface area contributed by atoms with Gasteiger partial charge >= 0.3 is 5.97 Å². The Morgan fingerprint density at radius 2 is 2.29 bits per heavy atom. The van der Waals surface area contributed by atoms with E-state index in [1.165, 1.54) is 6.20 Å². The topological polar surface area (TPSA) is 79.3 Å². The van der Waals surface area contributed by atoms with E-state index in [0.29, 0.717) is 17.9 Å². The molecular weight excluding hydrogens is 220 g/mol. The number of pyridine rings is 1. The van der Waals surface area contributed by atoms with Crippen LogP contribution in [-0.4, -0.2) is 28.0 Å². The molecule has 0 unspecified atom stereocenters. The van der Waals surface area contributed by atoms with Crippen molar-refractivity contribution < 1.29 is 14.7 Å². The molecule has 5 heteroatoms. The fourth-order valence-electron chi connectivity index (χ4n) is 1.65. The number of amides is 1. The summed E-state index contributed by atoms with van der Waals surface area (Å²) in [5, 5.41) is 11.5. The third kappa shape index (κ3) is 3.27. The zero-order chi connectivity index (χ0) is 12.3. The smallest absolute Gasteiger partial charge is 0.326 e. The van der Waals surface area contributed by atoms with Gasteiger partial charge < -0.3 is 10.4 Å². The molecular formula is C12H14N2O3. The molecule has 1 atom stereocenters. The van der Waals surface area contributed by atoms with E-state index in [9.17, 15) is 9.59 Å². The summed E-state index contributed by atoms with van der Waals surface area (Å²) in [7, 11) is 0. The number of nitrogens with zero attached hydrogens (tertiary/aromatic N) is 1. The number of carbonyl (C=O) groups excluding carboxylic acids is 1. The van der Waals surface area contributed by atoms with Gasteiger partial charge in [0.15, 0.2) is 0 Å². The predicted octanol–water partition coefficient (Wildman–Crippen LogP) is 1.06. The molecule has 0 radical (unpaired) electrons. The van der Waals surface area contributed by atoms with Gasteiger partial charge in [-0.15, -0.1) is 0 Å². The molecule has 1 aliphatic carbocycles. The van der Waals surface area contributed by atoms with Crippen LogP contribution in [0.3, 0.4) is 0 Å². The molecule has 0 spiro atoms. The van der Waals surface area contributed by atoms with Crippen molar-refractivity contribution in [3.8, 4) is 0 Å². The quantitative estimate of drug-likeness (QED) is 0.798. The third-order valence-corrected chi connectivity index (χ3v) is 2.79. The van der Waals surface area contributed by atoms with E-state index >= 15 is 0 Å². The molecule has 5 nitrogen and oxygen atoms in total. The lowest BCUT2D eigenvalue weighted by molar-refractivity contribution is -0.139. The Bertz CT molecular complexity index is 415. The second kappa shape index (κ2) is 4.95. The zero-order valence-electron chi connectivity index (χ0n) is 9.30. The summed E-state index contributed by atoms with van der Waals surface area (Å²) in [6.07, 6.45) is 5.63. The van der Waals surface area contributed by atoms with Gasteiger partial charge in [0.1, 0.15) is 6.04 Å². The van der Waals surface area contributed by atoms with Crippen molar-refractivity contribution in [1.29, 1.82) is 0 Å². The Hall–Kier alpha value is -1.91. The van der Waals surface area contributed by atoms with E-state index in [1.807, 2.05) is 0 Å². The standard InChI is InChI=1S/C12H14N2O3/c15-11(9-2-1-5-13-7-9)14-10(12(16)17)6-8-3-4-8/h1-2,5,7-8,10H,3-4,6H2,(H,14,15)(H,16,17)/t10-/m0/s1. The average Bonchev–Trinajstić information content (AvgIpc) is 3.13. The lowest BCUT2D eigenvalue weighted by Gasteiger charge is -2.13. The van der Waals surface area contributed by atoms with Gasteiger partial charge in [0.25, 0.3) is 5.91 Å². The van der Waals surface area contributed by atoms with Gasteiger partial charge in [-0.2, -0.15) is 0 Å². The van der Waals surface area contributed by atoms with Crippen LogP contribution < -0.4 is 5.32 Å². The largest absolute Gasteiger partial charge is 0.480 e. The van der Waals surface area contributed by atoms with Crippen LogP contribution in [0.5, 0.6) is 0 Å². The second-order valence-electron chi connectivity index (χ2n) is 4.29. The summed E-state index contributed by atoms with van der Waals surface area (Å²) in [6.45, 7) is 0. The highest BCUT2D eigenvalue weighted by molar-refractivity contribution is 5.96. The molecule has 1 saturated carbocycles. The van der Waals surface area contributed by atoms with Crippen molar-refractivity contribution in [3.63, 3.8) is 0 Å². The molecule has 1 aromatic heterocycles. The molecule has 17 heavy (non-hydrogen) atoms. The summed E-state index contributed by atoms with van der Waals surface area (Å²) in [5.41, 5.74) is 0.384. The molecule has 1 aliphatic rings. The molecule has 0 saturated heterocycles. The molecule has 1 amide bonds. The summed E-state index contributed by atoms with van der Waals surface area (Å²) >= 11 is 0. The minimum Gasteiger partial charge on any atom is -0.480 e. The van der Waals surface area contributed by atoms with E-state index in [0.717, 1.165) is 12.8 Å². The molecule has 0 bridgehead atoms. The van der Waals surface area contributed by atoms with Gasteiger partial charge in [0.2, 0.25) is 0 Å². The van der Waals surface area contributed by atoms with Crippen molar-refractivity contribution >= 4 is 11.9 Å². The first-order valence-electron chi connectivity index (χ1n) is 5.60. The average molecular weight is 234 g/mol. The number of aliphatic carboxylic acids is 1. The van der Waals surface area contributed by atoms with E-state index in [1.54, 1.807) is 18.3 Å². The van der Waals surface area contributed by atoms with Crippen molar-refractivity contribution in [1.82, 2.24) is 10.3 Å². The normalized spacial score (nSPS) is 16.2. The Morgan fingerprint density at radius 3 is 2.82 bits per heavy atom. The number of carbonyl (C=O) groups is 2. The van der Waals surface area contributed by atoms with Crippen molar-refractivity contribution in [3.05, 3.63) is 30.1 Å². The Morgan fingerprint density at radius 1 is 1.53 bits per heavy atom. The van der Waals surface area contributed by atoms with Gasteiger partial charge in [-0.3, -0.25) is 9.78 Å². The lowest BCUT2D eigenvalue weighted by Crippen LogP contribution is -2.41. The van der Waals surface area contributed by atoms with Gasteiger partial charge in [-0.05, 0) is 24.5 Å². The van der Waals surface area contributed by atoms with E-state index in [4.69, 9.17) is 5.11 Å². The van der Waals surface area contributed by atoms with Crippen LogP contribution in [0.1, 0.15) is 29.6 Å². The monoisotopic (exact) mass is 234 g/mol. The highest BCUT2D eigenvalue weighted by Gasteiger charge is 2.30. The molecule has 1 heterocycles. The summed E-state index contributed by atoms with van der Waals surface area (Å²) in [6, 6.07) is 2.46. The molecule has 0 aromatic carbocycles. The number of carboxylic acids is 1. The Kier molecular flexibility index (Phi) is 3.37. The Balaban J connectivity index is 1.97. The minimum absolute atomic E-state index is 0.383. The molecule has 90 valence electrons. The molecule has 2 rings (SSSR count). The number of carboxylic acid groups (broad SMARTS) is 1. The maximum absolute atomic E-state index is 11.7. The predicted molar refractivity (Wildman–Crippen MR) is 60.5 cm³/mol. The van der Waals surface area contributed by atoms with Crippen LogP contribution in [0.15, 0.2) is 24.5 Å². The number of hydrogen-bond acceptors (Lipinski definition) is 3. The first-order valence-corrected chi connectivity index (χ1v) is 5.60. The fraction of sp³-hybridized carbons (Fsp3) is 0.417. The van der Waals surface area contributed by atoms with Crippen LogP contribution >= 0.6 is 0 Å². The maximum Gasteiger partial charge on any atom is 0.326 e.